The monoisotopic (exact) mass is 266 g/mol. The molecule has 5 nitrogen and oxygen atoms in total. The molecule has 2 atom stereocenters. The van der Waals surface area contributed by atoms with E-state index in [1.165, 1.54) is 4.90 Å². The van der Waals surface area contributed by atoms with Gasteiger partial charge in [0.15, 0.2) is 0 Å². The Balaban J connectivity index is 2.87. The molecule has 0 spiro atoms. The number of nitrogens with zero attached hydrogens (tertiary/aromatic N) is 2. The van der Waals surface area contributed by atoms with Crippen LogP contribution in [0.3, 0.4) is 0 Å². The third-order valence-electron chi connectivity index (χ3n) is 3.48. The quantitative estimate of drug-likeness (QED) is 0.787. The number of rotatable bonds is 4. The summed E-state index contributed by atoms with van der Waals surface area (Å²) in [5.74, 6) is 1.50. The average molecular weight is 266 g/mol. The van der Waals surface area contributed by atoms with Gasteiger partial charge in [-0.15, -0.1) is 6.42 Å². The Bertz CT molecular complexity index is 375. The molecule has 0 aromatic heterocycles. The third-order valence-corrected chi connectivity index (χ3v) is 3.48. The van der Waals surface area contributed by atoms with Crippen LogP contribution < -0.4 is 0 Å². The molecular formula is C14H22N2O3. The molecule has 2 amide bonds. The van der Waals surface area contributed by atoms with Gasteiger partial charge in [0.05, 0.1) is 6.54 Å². The van der Waals surface area contributed by atoms with E-state index in [9.17, 15) is 14.7 Å². The number of urea groups is 1. The third kappa shape index (κ3) is 3.63. The van der Waals surface area contributed by atoms with Gasteiger partial charge in [0.25, 0.3) is 0 Å². The van der Waals surface area contributed by atoms with Crippen LogP contribution in [-0.4, -0.2) is 52.6 Å². The van der Waals surface area contributed by atoms with E-state index in [4.69, 9.17) is 6.42 Å². The largest absolute Gasteiger partial charge is 0.480 e. The highest BCUT2D eigenvalue weighted by molar-refractivity contribution is 5.83. The summed E-state index contributed by atoms with van der Waals surface area (Å²) >= 11 is 0. The van der Waals surface area contributed by atoms with Crippen LogP contribution in [0.5, 0.6) is 0 Å². The summed E-state index contributed by atoms with van der Waals surface area (Å²) in [7, 11) is 0. The van der Waals surface area contributed by atoms with Crippen LogP contribution in [0.15, 0.2) is 0 Å². The van der Waals surface area contributed by atoms with E-state index in [-0.39, 0.29) is 18.5 Å². The summed E-state index contributed by atoms with van der Waals surface area (Å²) in [6, 6.07) is -0.989. The van der Waals surface area contributed by atoms with Gasteiger partial charge in [-0.3, -0.25) is 0 Å². The minimum absolute atomic E-state index is 0.0236. The summed E-state index contributed by atoms with van der Waals surface area (Å²) in [5.41, 5.74) is 0. The molecule has 0 saturated carbocycles. The van der Waals surface area contributed by atoms with Gasteiger partial charge < -0.3 is 14.9 Å². The van der Waals surface area contributed by atoms with Crippen molar-refractivity contribution in [2.75, 3.05) is 19.6 Å². The smallest absolute Gasteiger partial charge is 0.326 e. The molecule has 1 fully saturated rings. The molecule has 1 rings (SSSR count). The van der Waals surface area contributed by atoms with Crippen molar-refractivity contribution in [1.29, 1.82) is 0 Å². The van der Waals surface area contributed by atoms with Crippen molar-refractivity contribution >= 4 is 12.0 Å². The second kappa shape index (κ2) is 7.03. The van der Waals surface area contributed by atoms with E-state index in [2.05, 4.69) is 5.92 Å². The van der Waals surface area contributed by atoms with Crippen LogP contribution in [0.25, 0.3) is 0 Å². The highest BCUT2D eigenvalue weighted by Gasteiger charge is 2.38. The van der Waals surface area contributed by atoms with Crippen LogP contribution in [-0.2, 0) is 4.79 Å². The zero-order valence-electron chi connectivity index (χ0n) is 11.6. The lowest BCUT2D eigenvalue weighted by atomic mass is 9.91. The maximum atomic E-state index is 12.4. The maximum Gasteiger partial charge on any atom is 0.326 e. The molecule has 0 radical (unpaired) electrons. The fraction of sp³-hybridized carbons (Fsp3) is 0.714. The van der Waals surface area contributed by atoms with Crippen LogP contribution in [0.2, 0.25) is 0 Å². The van der Waals surface area contributed by atoms with Crippen molar-refractivity contribution in [3.05, 3.63) is 0 Å². The molecule has 5 heteroatoms. The van der Waals surface area contributed by atoms with Crippen LogP contribution in [0, 0.1) is 18.3 Å². The van der Waals surface area contributed by atoms with E-state index in [1.54, 1.807) is 4.90 Å². The van der Waals surface area contributed by atoms with Crippen molar-refractivity contribution < 1.29 is 14.7 Å². The first-order chi connectivity index (χ1) is 9.02. The van der Waals surface area contributed by atoms with Crippen molar-refractivity contribution in [2.24, 2.45) is 5.92 Å². The lowest BCUT2D eigenvalue weighted by Crippen LogP contribution is -2.56. The molecule has 106 valence electrons. The number of terminal acetylenes is 1. The van der Waals surface area contributed by atoms with Gasteiger partial charge in [-0.1, -0.05) is 19.8 Å². The first-order valence-corrected chi connectivity index (χ1v) is 6.74. The summed E-state index contributed by atoms with van der Waals surface area (Å²) in [5, 5.41) is 9.32. The molecule has 1 aliphatic rings. The van der Waals surface area contributed by atoms with Gasteiger partial charge in [-0.25, -0.2) is 9.59 Å². The van der Waals surface area contributed by atoms with E-state index in [0.717, 1.165) is 19.3 Å². The van der Waals surface area contributed by atoms with Gasteiger partial charge in [-0.2, -0.15) is 0 Å². The lowest BCUT2D eigenvalue weighted by molar-refractivity contribution is -0.145. The van der Waals surface area contributed by atoms with E-state index in [0.29, 0.717) is 13.1 Å². The van der Waals surface area contributed by atoms with Gasteiger partial charge in [-0.05, 0) is 25.2 Å². The molecule has 19 heavy (non-hydrogen) atoms. The molecule has 0 aromatic rings. The number of hydrogen-bond acceptors (Lipinski definition) is 2. The van der Waals surface area contributed by atoms with Crippen molar-refractivity contribution in [3.8, 4) is 12.3 Å². The Morgan fingerprint density at radius 2 is 2.21 bits per heavy atom. The second-order valence-corrected chi connectivity index (χ2v) is 5.00. The summed E-state index contributed by atoms with van der Waals surface area (Å²) in [6.45, 7) is 5.11. The van der Waals surface area contributed by atoms with Gasteiger partial charge >= 0.3 is 12.0 Å². The van der Waals surface area contributed by atoms with E-state index >= 15 is 0 Å². The molecule has 0 aromatic carbocycles. The number of carboxylic acids is 1. The molecule has 1 heterocycles. The Morgan fingerprint density at radius 3 is 2.74 bits per heavy atom. The number of aliphatic carboxylic acids is 1. The molecule has 2 unspecified atom stereocenters. The fourth-order valence-electron chi connectivity index (χ4n) is 2.58. The van der Waals surface area contributed by atoms with Crippen molar-refractivity contribution in [1.82, 2.24) is 9.80 Å². The predicted molar refractivity (Wildman–Crippen MR) is 72.6 cm³/mol. The van der Waals surface area contributed by atoms with E-state index in [1.807, 2.05) is 13.8 Å². The predicted octanol–water partition coefficient (Wildman–Crippen LogP) is 1.64. The number of likely N-dealkylation sites (tertiary alicyclic amines) is 1. The summed E-state index contributed by atoms with van der Waals surface area (Å²) in [4.78, 5) is 26.8. The number of hydrogen-bond donors (Lipinski definition) is 1. The van der Waals surface area contributed by atoms with Gasteiger partial charge in [0, 0.05) is 13.1 Å². The van der Waals surface area contributed by atoms with Gasteiger partial charge in [0.1, 0.15) is 6.04 Å². The van der Waals surface area contributed by atoms with Crippen LogP contribution in [0.4, 0.5) is 4.79 Å². The Morgan fingerprint density at radius 1 is 1.53 bits per heavy atom. The Hall–Kier alpha value is -1.70. The summed E-state index contributed by atoms with van der Waals surface area (Å²) in [6.07, 6.45) is 7.75. The van der Waals surface area contributed by atoms with Crippen molar-refractivity contribution in [3.63, 3.8) is 0 Å². The minimum Gasteiger partial charge on any atom is -0.480 e. The standard InChI is InChI=1S/C14H22N2O3/c1-4-8-15(9-5-2)14(19)16-10-6-7-11(3)12(16)13(17)18/h1,11-12H,5-10H2,2-3H3,(H,17,18). The number of piperidine rings is 1. The number of amides is 2. The maximum absolute atomic E-state index is 12.4. The number of carbonyl (C=O) groups excluding carboxylic acids is 1. The first-order valence-electron chi connectivity index (χ1n) is 6.74. The Kier molecular flexibility index (Phi) is 5.68. The van der Waals surface area contributed by atoms with Crippen LogP contribution in [0.1, 0.15) is 33.1 Å². The Labute approximate surface area is 114 Å². The van der Waals surface area contributed by atoms with Crippen LogP contribution >= 0.6 is 0 Å². The second-order valence-electron chi connectivity index (χ2n) is 5.00. The molecule has 1 N–H and O–H groups in total. The zero-order valence-corrected chi connectivity index (χ0v) is 11.6. The normalized spacial score (nSPS) is 22.7. The first kappa shape index (κ1) is 15.4. The fourth-order valence-corrected chi connectivity index (χ4v) is 2.58. The topological polar surface area (TPSA) is 60.9 Å². The molecular weight excluding hydrogens is 244 g/mol. The highest BCUT2D eigenvalue weighted by atomic mass is 16.4. The molecule has 0 bridgehead atoms. The highest BCUT2D eigenvalue weighted by Crippen LogP contribution is 2.24. The summed E-state index contributed by atoms with van der Waals surface area (Å²) < 4.78 is 0. The minimum atomic E-state index is -0.933. The zero-order chi connectivity index (χ0) is 14.4. The van der Waals surface area contributed by atoms with Crippen molar-refractivity contribution in [2.45, 2.75) is 39.2 Å². The van der Waals surface area contributed by atoms with E-state index < -0.39 is 12.0 Å². The SMILES string of the molecule is C#CCN(CCC)C(=O)N1CCCC(C)C1C(=O)O. The number of carboxylic acid groups (broad SMARTS) is 1. The average Bonchev–Trinajstić information content (AvgIpc) is 2.37. The molecule has 1 saturated heterocycles. The van der Waals surface area contributed by atoms with Gasteiger partial charge in [0.2, 0.25) is 0 Å². The molecule has 1 aliphatic heterocycles. The lowest BCUT2D eigenvalue weighted by Gasteiger charge is -2.39. The number of carbonyl (C=O) groups is 2. The molecule has 0 aliphatic carbocycles.